The van der Waals surface area contributed by atoms with Crippen LogP contribution in [0, 0.1) is 0 Å². The summed E-state index contributed by atoms with van der Waals surface area (Å²) in [5, 5.41) is 34.0. The Hall–Kier alpha value is -0.600. The van der Waals surface area contributed by atoms with Gasteiger partial charge in [0.25, 0.3) is 0 Å². The van der Waals surface area contributed by atoms with Crippen molar-refractivity contribution in [2.24, 2.45) is 4.99 Å². The van der Waals surface area contributed by atoms with E-state index in [4.69, 9.17) is 4.74 Å². The van der Waals surface area contributed by atoms with Gasteiger partial charge in [0.1, 0.15) is 23.7 Å². The highest BCUT2D eigenvalue weighted by Crippen LogP contribution is 2.35. The van der Waals surface area contributed by atoms with Gasteiger partial charge < -0.3 is 25.4 Å². The molecule has 7 heteroatoms. The van der Waals surface area contributed by atoms with Crippen LogP contribution in [-0.4, -0.2) is 62.9 Å². The van der Waals surface area contributed by atoms with E-state index >= 15 is 0 Å². The van der Waals surface area contributed by atoms with Crippen LogP contribution in [0.5, 0.6) is 0 Å². The standard InChI is InChI=1S/C13H22N2O4S/c1-3-5-7(16)11-10(18)9(17)8-12(19-11)20-13(15-8)14-6-4-2/h3,7-12,16-18H,1,4-6H2,2H3,(H,14,15). The summed E-state index contributed by atoms with van der Waals surface area (Å²) >= 11 is 1.39. The molecule has 0 aliphatic carbocycles. The lowest BCUT2D eigenvalue weighted by Crippen LogP contribution is -2.61. The van der Waals surface area contributed by atoms with E-state index < -0.39 is 30.5 Å². The topological polar surface area (TPSA) is 94.3 Å². The first-order valence-corrected chi connectivity index (χ1v) is 7.74. The third-order valence-electron chi connectivity index (χ3n) is 3.42. The minimum atomic E-state index is -1.13. The molecule has 0 aromatic heterocycles. The Morgan fingerprint density at radius 2 is 2.25 bits per heavy atom. The highest BCUT2D eigenvalue weighted by molar-refractivity contribution is 8.14. The average Bonchev–Trinajstić information content (AvgIpc) is 2.84. The van der Waals surface area contributed by atoms with Crippen LogP contribution >= 0.6 is 11.8 Å². The Labute approximate surface area is 122 Å². The summed E-state index contributed by atoms with van der Waals surface area (Å²) in [7, 11) is 0. The summed E-state index contributed by atoms with van der Waals surface area (Å²) in [4.78, 5) is 4.35. The second-order valence-electron chi connectivity index (χ2n) is 5.02. The molecule has 2 saturated heterocycles. The molecular weight excluding hydrogens is 280 g/mol. The molecule has 114 valence electrons. The Morgan fingerprint density at radius 3 is 2.90 bits per heavy atom. The van der Waals surface area contributed by atoms with Crippen molar-refractivity contribution in [1.29, 1.82) is 0 Å². The van der Waals surface area contributed by atoms with Crippen molar-refractivity contribution >= 4 is 16.9 Å². The van der Waals surface area contributed by atoms with E-state index in [-0.39, 0.29) is 5.44 Å². The van der Waals surface area contributed by atoms with Crippen LogP contribution in [0.1, 0.15) is 19.8 Å². The highest BCUT2D eigenvalue weighted by Gasteiger charge is 2.50. The van der Waals surface area contributed by atoms with Crippen LogP contribution in [-0.2, 0) is 4.74 Å². The molecule has 6 nitrogen and oxygen atoms in total. The molecule has 0 aromatic rings. The third kappa shape index (κ3) is 3.17. The normalized spacial score (nSPS) is 40.2. The molecule has 2 aliphatic heterocycles. The summed E-state index contributed by atoms with van der Waals surface area (Å²) in [6.07, 6.45) is -1.02. The number of hydrogen-bond donors (Lipinski definition) is 4. The fourth-order valence-corrected chi connectivity index (χ4v) is 3.50. The zero-order chi connectivity index (χ0) is 14.7. The van der Waals surface area contributed by atoms with Crippen LogP contribution in [0.15, 0.2) is 17.6 Å². The van der Waals surface area contributed by atoms with Crippen LogP contribution in [0.4, 0.5) is 0 Å². The zero-order valence-corrected chi connectivity index (χ0v) is 12.3. The minimum absolute atomic E-state index is 0.306. The first-order valence-electron chi connectivity index (χ1n) is 6.86. The summed E-state index contributed by atoms with van der Waals surface area (Å²) < 4.78 is 5.73. The predicted octanol–water partition coefficient (Wildman–Crippen LogP) is -0.159. The van der Waals surface area contributed by atoms with Crippen LogP contribution in [0.2, 0.25) is 0 Å². The number of rotatable bonds is 5. The van der Waals surface area contributed by atoms with Gasteiger partial charge in [0.2, 0.25) is 0 Å². The number of aliphatic imine (C=N–C) groups is 1. The van der Waals surface area contributed by atoms with E-state index in [9.17, 15) is 15.3 Å². The molecule has 0 aromatic carbocycles. The molecule has 4 N–H and O–H groups in total. The molecule has 20 heavy (non-hydrogen) atoms. The maximum atomic E-state index is 10.2. The molecule has 0 spiro atoms. The van der Waals surface area contributed by atoms with Gasteiger partial charge in [-0.1, -0.05) is 24.8 Å². The quantitative estimate of drug-likeness (QED) is 0.527. The second-order valence-corrected chi connectivity index (χ2v) is 6.10. The first kappa shape index (κ1) is 15.8. The van der Waals surface area contributed by atoms with Gasteiger partial charge in [0.15, 0.2) is 5.17 Å². The minimum Gasteiger partial charge on any atom is -0.390 e. The number of aliphatic hydroxyl groups excluding tert-OH is 3. The maximum absolute atomic E-state index is 10.2. The average molecular weight is 302 g/mol. The zero-order valence-electron chi connectivity index (χ0n) is 11.5. The van der Waals surface area contributed by atoms with Gasteiger partial charge in [-0.25, -0.2) is 0 Å². The van der Waals surface area contributed by atoms with Crippen molar-refractivity contribution in [3.05, 3.63) is 12.7 Å². The third-order valence-corrected chi connectivity index (χ3v) is 4.53. The molecule has 0 saturated carbocycles. The predicted molar refractivity (Wildman–Crippen MR) is 78.6 cm³/mol. The van der Waals surface area contributed by atoms with Crippen LogP contribution in [0.25, 0.3) is 0 Å². The maximum Gasteiger partial charge on any atom is 0.159 e. The Bertz CT molecular complexity index is 379. The van der Waals surface area contributed by atoms with Gasteiger partial charge in [-0.3, -0.25) is 4.99 Å². The number of nitrogens with one attached hydrogen (secondary N) is 1. The molecule has 2 heterocycles. The van der Waals surface area contributed by atoms with Gasteiger partial charge >= 0.3 is 0 Å². The number of amidine groups is 1. The summed E-state index contributed by atoms with van der Waals surface area (Å²) in [5.41, 5.74) is -0.353. The summed E-state index contributed by atoms with van der Waals surface area (Å²) in [5.74, 6) is 0. The second kappa shape index (κ2) is 6.91. The number of hydrogen-bond acceptors (Lipinski definition) is 6. The molecule has 6 unspecified atom stereocenters. The van der Waals surface area contributed by atoms with E-state index in [1.165, 1.54) is 11.8 Å². The van der Waals surface area contributed by atoms with E-state index in [0.717, 1.165) is 6.42 Å². The molecule has 2 fully saturated rings. The van der Waals surface area contributed by atoms with E-state index in [1.807, 2.05) is 6.92 Å². The van der Waals surface area contributed by atoms with Gasteiger partial charge in [0, 0.05) is 6.54 Å². The Morgan fingerprint density at radius 1 is 1.50 bits per heavy atom. The van der Waals surface area contributed by atoms with Crippen molar-refractivity contribution in [1.82, 2.24) is 5.32 Å². The number of ether oxygens (including phenoxy) is 1. The first-order chi connectivity index (χ1) is 9.58. The lowest BCUT2D eigenvalue weighted by Gasteiger charge is -2.40. The van der Waals surface area contributed by atoms with Crippen LogP contribution < -0.4 is 5.32 Å². The number of fused-ring (bicyclic) bond motifs is 1. The lowest BCUT2D eigenvalue weighted by atomic mass is 9.93. The summed E-state index contributed by atoms with van der Waals surface area (Å²) in [6, 6.07) is -0.405. The van der Waals surface area contributed by atoms with Crippen molar-refractivity contribution in [3.8, 4) is 0 Å². The number of nitrogens with zero attached hydrogens (tertiary/aromatic N) is 1. The fourth-order valence-electron chi connectivity index (χ4n) is 2.35. The van der Waals surface area contributed by atoms with Crippen LogP contribution in [0.3, 0.4) is 0 Å². The molecule has 2 aliphatic rings. The van der Waals surface area contributed by atoms with E-state index in [2.05, 4.69) is 16.9 Å². The molecule has 0 amide bonds. The smallest absolute Gasteiger partial charge is 0.159 e. The van der Waals surface area contributed by atoms with Gasteiger partial charge in [0.05, 0.1) is 12.1 Å². The summed E-state index contributed by atoms with van der Waals surface area (Å²) in [6.45, 7) is 6.29. The van der Waals surface area contributed by atoms with Crippen molar-refractivity contribution < 1.29 is 20.1 Å². The Kier molecular flexibility index (Phi) is 5.45. The van der Waals surface area contributed by atoms with Crippen molar-refractivity contribution in [2.75, 3.05) is 6.54 Å². The van der Waals surface area contributed by atoms with Crippen molar-refractivity contribution in [3.63, 3.8) is 0 Å². The molecular formula is C13H22N2O4S. The highest BCUT2D eigenvalue weighted by atomic mass is 32.2. The number of thioether (sulfide) groups is 1. The molecule has 0 radical (unpaired) electrons. The van der Waals surface area contributed by atoms with Gasteiger partial charge in [-0.2, -0.15) is 0 Å². The van der Waals surface area contributed by atoms with E-state index in [0.29, 0.717) is 18.1 Å². The monoisotopic (exact) mass is 302 g/mol. The fraction of sp³-hybridized carbons (Fsp3) is 0.769. The molecule has 6 atom stereocenters. The number of aliphatic hydroxyl groups is 3. The lowest BCUT2D eigenvalue weighted by molar-refractivity contribution is -0.186. The van der Waals surface area contributed by atoms with Gasteiger partial charge in [-0.15, -0.1) is 6.58 Å². The SMILES string of the molecule is C=CCC(O)C1OC2SC(=NCCC)NC2C(O)C1O. The molecule has 2 rings (SSSR count). The Balaban J connectivity index is 2.06. The molecule has 0 bridgehead atoms. The largest absolute Gasteiger partial charge is 0.390 e. The van der Waals surface area contributed by atoms with Gasteiger partial charge in [-0.05, 0) is 12.8 Å². The van der Waals surface area contributed by atoms with E-state index in [1.54, 1.807) is 6.08 Å². The van der Waals surface area contributed by atoms with Crippen molar-refractivity contribution in [2.45, 2.75) is 55.7 Å².